The average Bonchev–Trinajstić information content (AvgIpc) is 3.24. The van der Waals surface area contributed by atoms with E-state index in [9.17, 15) is 9.18 Å². The van der Waals surface area contributed by atoms with E-state index in [1.807, 2.05) is 18.2 Å². The Kier molecular flexibility index (Phi) is 5.76. The summed E-state index contributed by atoms with van der Waals surface area (Å²) in [5, 5.41) is 2.84. The first-order valence-electron chi connectivity index (χ1n) is 10.1. The highest BCUT2D eigenvalue weighted by molar-refractivity contribution is 5.89. The maximum absolute atomic E-state index is 14.4. The fraction of sp³-hybridized carbons (Fsp3) is 0.409. The second-order valence-corrected chi connectivity index (χ2v) is 7.54. The summed E-state index contributed by atoms with van der Waals surface area (Å²) >= 11 is 0. The van der Waals surface area contributed by atoms with E-state index in [0.717, 1.165) is 45.6 Å². The summed E-state index contributed by atoms with van der Waals surface area (Å²) < 4.78 is 14.4. The molecule has 2 aromatic rings. The van der Waals surface area contributed by atoms with Crippen molar-refractivity contribution < 1.29 is 9.18 Å². The van der Waals surface area contributed by atoms with Crippen LogP contribution in [0.4, 0.5) is 20.6 Å². The molecule has 0 saturated carbocycles. The Labute approximate surface area is 165 Å². The third-order valence-corrected chi connectivity index (χ3v) is 5.55. The Morgan fingerprint density at radius 3 is 2.32 bits per heavy atom. The molecule has 0 atom stereocenters. The number of carbonyl (C=O) groups excluding carboxylic acids is 1. The van der Waals surface area contributed by atoms with Crippen LogP contribution in [0, 0.1) is 5.82 Å². The maximum Gasteiger partial charge on any atom is 0.321 e. The van der Waals surface area contributed by atoms with Gasteiger partial charge in [-0.3, -0.25) is 4.90 Å². The van der Waals surface area contributed by atoms with Gasteiger partial charge in [-0.15, -0.1) is 0 Å². The third kappa shape index (κ3) is 4.44. The minimum absolute atomic E-state index is 0.160. The van der Waals surface area contributed by atoms with E-state index in [4.69, 9.17) is 0 Å². The first-order chi connectivity index (χ1) is 13.7. The quantitative estimate of drug-likeness (QED) is 0.875. The molecular weight excluding hydrogens is 355 g/mol. The Morgan fingerprint density at radius 2 is 1.64 bits per heavy atom. The third-order valence-electron chi connectivity index (χ3n) is 5.55. The number of rotatable bonds is 4. The fourth-order valence-electron chi connectivity index (χ4n) is 3.95. The van der Waals surface area contributed by atoms with Gasteiger partial charge < -0.3 is 15.1 Å². The maximum atomic E-state index is 14.4. The van der Waals surface area contributed by atoms with Gasteiger partial charge in [-0.1, -0.05) is 30.3 Å². The molecule has 28 heavy (non-hydrogen) atoms. The SMILES string of the molecule is O=C(Nc1ccc(N2CCCC2)c(F)c1)N1CCN(Cc2ccccc2)CC1. The number of nitrogens with zero attached hydrogens (tertiary/aromatic N) is 3. The van der Waals surface area contributed by atoms with Gasteiger partial charge in [0.05, 0.1) is 5.69 Å². The van der Waals surface area contributed by atoms with Gasteiger partial charge >= 0.3 is 6.03 Å². The van der Waals surface area contributed by atoms with Gasteiger partial charge in [0.15, 0.2) is 0 Å². The molecule has 2 aliphatic rings. The molecular formula is C22H27FN4O. The summed E-state index contributed by atoms with van der Waals surface area (Å²) in [5.74, 6) is -0.271. The number of nitrogens with one attached hydrogen (secondary N) is 1. The van der Waals surface area contributed by atoms with Crippen molar-refractivity contribution in [2.24, 2.45) is 0 Å². The number of urea groups is 1. The number of amides is 2. The van der Waals surface area contributed by atoms with Gasteiger partial charge in [-0.2, -0.15) is 0 Å². The lowest BCUT2D eigenvalue weighted by atomic mass is 10.2. The van der Waals surface area contributed by atoms with Gasteiger partial charge in [0.25, 0.3) is 0 Å². The van der Waals surface area contributed by atoms with Crippen LogP contribution in [0.2, 0.25) is 0 Å². The first kappa shape index (κ1) is 18.7. The number of anilines is 2. The van der Waals surface area contributed by atoms with Crippen molar-refractivity contribution in [1.29, 1.82) is 0 Å². The molecule has 2 saturated heterocycles. The summed E-state index contributed by atoms with van der Waals surface area (Å²) in [4.78, 5) is 18.8. The van der Waals surface area contributed by atoms with Crippen LogP contribution in [-0.4, -0.2) is 55.1 Å². The molecule has 0 aromatic heterocycles. The van der Waals surface area contributed by atoms with Crippen molar-refractivity contribution in [2.75, 3.05) is 49.5 Å². The van der Waals surface area contributed by atoms with Crippen LogP contribution in [0.25, 0.3) is 0 Å². The smallest absolute Gasteiger partial charge is 0.321 e. The lowest BCUT2D eigenvalue weighted by Crippen LogP contribution is -2.49. The number of benzene rings is 2. The monoisotopic (exact) mass is 382 g/mol. The number of carbonyl (C=O) groups is 1. The molecule has 0 unspecified atom stereocenters. The van der Waals surface area contributed by atoms with Crippen LogP contribution in [0.5, 0.6) is 0 Å². The number of hydrogen-bond donors (Lipinski definition) is 1. The predicted molar refractivity (Wildman–Crippen MR) is 110 cm³/mol. The van der Waals surface area contributed by atoms with Gasteiger partial charge in [-0.05, 0) is 36.6 Å². The van der Waals surface area contributed by atoms with Crippen LogP contribution < -0.4 is 10.2 Å². The van der Waals surface area contributed by atoms with E-state index >= 15 is 0 Å². The molecule has 2 fully saturated rings. The molecule has 2 amide bonds. The van der Waals surface area contributed by atoms with Gasteiger partial charge in [-0.25, -0.2) is 9.18 Å². The minimum Gasteiger partial charge on any atom is -0.369 e. The first-order valence-corrected chi connectivity index (χ1v) is 10.1. The van der Waals surface area contributed by atoms with Gasteiger partial charge in [0.2, 0.25) is 0 Å². The van der Waals surface area contributed by atoms with E-state index in [2.05, 4.69) is 27.2 Å². The normalized spacial score (nSPS) is 17.8. The van der Waals surface area contributed by atoms with Crippen molar-refractivity contribution in [2.45, 2.75) is 19.4 Å². The highest BCUT2D eigenvalue weighted by Crippen LogP contribution is 2.26. The zero-order chi connectivity index (χ0) is 19.3. The van der Waals surface area contributed by atoms with Crippen molar-refractivity contribution >= 4 is 17.4 Å². The topological polar surface area (TPSA) is 38.8 Å². The van der Waals surface area contributed by atoms with Gasteiger partial charge in [0.1, 0.15) is 5.82 Å². The second-order valence-electron chi connectivity index (χ2n) is 7.54. The number of halogens is 1. The summed E-state index contributed by atoms with van der Waals surface area (Å²) in [6, 6.07) is 15.2. The van der Waals surface area contributed by atoms with Crippen molar-refractivity contribution in [1.82, 2.24) is 9.80 Å². The zero-order valence-electron chi connectivity index (χ0n) is 16.1. The highest BCUT2D eigenvalue weighted by atomic mass is 19.1. The van der Waals surface area contributed by atoms with Crippen molar-refractivity contribution in [3.63, 3.8) is 0 Å². The number of piperazine rings is 1. The summed E-state index contributed by atoms with van der Waals surface area (Å²) in [5.41, 5.74) is 2.43. The Hall–Kier alpha value is -2.60. The molecule has 0 bridgehead atoms. The standard InChI is InChI=1S/C22H27FN4O/c23-20-16-19(8-9-21(20)26-10-4-5-11-26)24-22(28)27-14-12-25(13-15-27)17-18-6-2-1-3-7-18/h1-3,6-9,16H,4-5,10-15,17H2,(H,24,28). The Bertz CT molecular complexity index is 799. The molecule has 2 aromatic carbocycles. The van der Waals surface area contributed by atoms with Crippen molar-refractivity contribution in [3.8, 4) is 0 Å². The number of hydrogen-bond acceptors (Lipinski definition) is 3. The minimum atomic E-state index is -0.271. The van der Waals surface area contributed by atoms with E-state index in [1.165, 1.54) is 11.6 Å². The second kappa shape index (κ2) is 8.61. The van der Waals surface area contributed by atoms with Crippen LogP contribution in [0.15, 0.2) is 48.5 Å². The molecule has 5 nitrogen and oxygen atoms in total. The lowest BCUT2D eigenvalue weighted by molar-refractivity contribution is 0.143. The Morgan fingerprint density at radius 1 is 0.929 bits per heavy atom. The van der Waals surface area contributed by atoms with Gasteiger partial charge in [0, 0.05) is 51.5 Å². The average molecular weight is 382 g/mol. The summed E-state index contributed by atoms with van der Waals surface area (Å²) in [6.07, 6.45) is 2.21. The molecule has 4 rings (SSSR count). The lowest BCUT2D eigenvalue weighted by Gasteiger charge is -2.34. The van der Waals surface area contributed by atoms with Crippen LogP contribution >= 0.6 is 0 Å². The molecule has 1 N–H and O–H groups in total. The zero-order valence-corrected chi connectivity index (χ0v) is 16.1. The largest absolute Gasteiger partial charge is 0.369 e. The highest BCUT2D eigenvalue weighted by Gasteiger charge is 2.22. The van der Waals surface area contributed by atoms with Crippen LogP contribution in [0.1, 0.15) is 18.4 Å². The molecule has 0 radical (unpaired) electrons. The van der Waals surface area contributed by atoms with E-state index in [1.54, 1.807) is 17.0 Å². The fourth-order valence-corrected chi connectivity index (χ4v) is 3.95. The van der Waals surface area contributed by atoms with E-state index in [-0.39, 0.29) is 11.8 Å². The summed E-state index contributed by atoms with van der Waals surface area (Å²) in [7, 11) is 0. The van der Waals surface area contributed by atoms with E-state index < -0.39 is 0 Å². The van der Waals surface area contributed by atoms with Crippen LogP contribution in [0.3, 0.4) is 0 Å². The molecule has 0 aliphatic carbocycles. The molecule has 6 heteroatoms. The van der Waals surface area contributed by atoms with Crippen molar-refractivity contribution in [3.05, 3.63) is 59.9 Å². The molecule has 148 valence electrons. The molecule has 2 heterocycles. The molecule has 2 aliphatic heterocycles. The molecule has 0 spiro atoms. The predicted octanol–water partition coefficient (Wildman–Crippen LogP) is 3.78. The van der Waals surface area contributed by atoms with Crippen LogP contribution in [-0.2, 0) is 6.54 Å². The summed E-state index contributed by atoms with van der Waals surface area (Å²) in [6.45, 7) is 5.72. The Balaban J connectivity index is 1.29. The van der Waals surface area contributed by atoms with E-state index in [0.29, 0.717) is 24.5 Å².